The smallest absolute Gasteiger partial charge is 0.152 e. The maximum absolute atomic E-state index is 5.65. The van der Waals surface area contributed by atoms with Gasteiger partial charge in [-0.2, -0.15) is 5.10 Å². The first-order valence-corrected chi connectivity index (χ1v) is 7.35. The number of likely N-dealkylation sites (tertiary alicyclic amines) is 1. The monoisotopic (exact) mass is 274 g/mol. The number of furan rings is 1. The lowest BCUT2D eigenvalue weighted by molar-refractivity contribution is 0.335. The Kier molecular flexibility index (Phi) is 4.18. The topological polar surface area (TPSA) is 57.1 Å². The van der Waals surface area contributed by atoms with Crippen LogP contribution in [0.4, 0.5) is 0 Å². The van der Waals surface area contributed by atoms with Gasteiger partial charge in [-0.3, -0.25) is 5.10 Å². The molecule has 20 heavy (non-hydrogen) atoms. The molecule has 0 spiro atoms. The Bertz CT molecular complexity index is 540. The second kappa shape index (κ2) is 6.24. The zero-order chi connectivity index (χ0) is 13.8. The maximum Gasteiger partial charge on any atom is 0.152 e. The number of nitrogens with one attached hydrogen (secondary N) is 2. The van der Waals surface area contributed by atoms with Crippen LogP contribution in [0.25, 0.3) is 11.5 Å². The molecule has 2 N–H and O–H groups in total. The summed E-state index contributed by atoms with van der Waals surface area (Å²) in [6.07, 6.45) is 4.57. The summed E-state index contributed by atoms with van der Waals surface area (Å²) in [6.45, 7) is 7.43. The largest absolute Gasteiger partial charge is 0.460 e. The molecule has 108 valence electrons. The van der Waals surface area contributed by atoms with E-state index in [1.807, 2.05) is 25.3 Å². The third kappa shape index (κ3) is 3.11. The summed E-state index contributed by atoms with van der Waals surface area (Å²) in [4.78, 5) is 2.51. The lowest BCUT2D eigenvalue weighted by atomic mass is 10.2. The van der Waals surface area contributed by atoms with Crippen molar-refractivity contribution in [2.75, 3.05) is 26.2 Å². The van der Waals surface area contributed by atoms with Gasteiger partial charge in [0.1, 0.15) is 11.5 Å². The first-order chi connectivity index (χ1) is 9.83. The van der Waals surface area contributed by atoms with Crippen LogP contribution in [0.15, 0.2) is 22.7 Å². The predicted octanol–water partition coefficient (Wildman–Crippen LogP) is 2.16. The SMILES string of the molecule is Cc1ccc(-c2[nH]ncc2CNCCN2CCCC2)o1. The minimum atomic E-state index is 0.819. The molecule has 1 saturated heterocycles. The van der Waals surface area contributed by atoms with Crippen molar-refractivity contribution in [3.63, 3.8) is 0 Å². The number of aromatic amines is 1. The van der Waals surface area contributed by atoms with Crippen molar-refractivity contribution in [2.24, 2.45) is 0 Å². The van der Waals surface area contributed by atoms with Gasteiger partial charge in [-0.1, -0.05) is 0 Å². The number of hydrogen-bond donors (Lipinski definition) is 2. The molecular weight excluding hydrogens is 252 g/mol. The van der Waals surface area contributed by atoms with Crippen molar-refractivity contribution in [2.45, 2.75) is 26.3 Å². The van der Waals surface area contributed by atoms with Gasteiger partial charge in [0.2, 0.25) is 0 Å². The molecule has 0 atom stereocenters. The van der Waals surface area contributed by atoms with Gasteiger partial charge in [0.05, 0.1) is 6.20 Å². The van der Waals surface area contributed by atoms with Gasteiger partial charge in [-0.15, -0.1) is 0 Å². The van der Waals surface area contributed by atoms with Gasteiger partial charge in [-0.05, 0) is 45.0 Å². The molecule has 2 aromatic rings. The number of aromatic nitrogens is 2. The van der Waals surface area contributed by atoms with Crippen LogP contribution in [-0.2, 0) is 6.54 Å². The summed E-state index contributed by atoms with van der Waals surface area (Å²) in [5.74, 6) is 1.78. The summed E-state index contributed by atoms with van der Waals surface area (Å²) >= 11 is 0. The van der Waals surface area contributed by atoms with E-state index in [2.05, 4.69) is 20.4 Å². The van der Waals surface area contributed by atoms with E-state index in [0.29, 0.717) is 0 Å². The average Bonchev–Trinajstić information content (AvgIpc) is 3.16. The van der Waals surface area contributed by atoms with Crippen LogP contribution < -0.4 is 5.32 Å². The van der Waals surface area contributed by atoms with Gasteiger partial charge in [0, 0.05) is 25.2 Å². The van der Waals surface area contributed by atoms with E-state index < -0.39 is 0 Å². The first-order valence-electron chi connectivity index (χ1n) is 7.35. The molecule has 5 nitrogen and oxygen atoms in total. The molecule has 0 radical (unpaired) electrons. The highest BCUT2D eigenvalue weighted by molar-refractivity contribution is 5.56. The highest BCUT2D eigenvalue weighted by atomic mass is 16.3. The fraction of sp³-hybridized carbons (Fsp3) is 0.533. The lowest BCUT2D eigenvalue weighted by Gasteiger charge is -2.14. The van der Waals surface area contributed by atoms with Crippen LogP contribution in [0.3, 0.4) is 0 Å². The highest BCUT2D eigenvalue weighted by Gasteiger charge is 2.12. The molecule has 0 saturated carbocycles. The molecule has 0 amide bonds. The molecule has 0 aromatic carbocycles. The third-order valence-corrected chi connectivity index (χ3v) is 3.82. The Morgan fingerprint density at radius 2 is 2.20 bits per heavy atom. The summed E-state index contributed by atoms with van der Waals surface area (Å²) in [7, 11) is 0. The average molecular weight is 274 g/mol. The van der Waals surface area contributed by atoms with Crippen molar-refractivity contribution < 1.29 is 4.42 Å². The third-order valence-electron chi connectivity index (χ3n) is 3.82. The Morgan fingerprint density at radius 1 is 1.35 bits per heavy atom. The molecule has 0 bridgehead atoms. The summed E-state index contributed by atoms with van der Waals surface area (Å²) in [5, 5.41) is 10.6. The summed E-state index contributed by atoms with van der Waals surface area (Å²) in [6, 6.07) is 3.96. The fourth-order valence-electron chi connectivity index (χ4n) is 2.69. The predicted molar refractivity (Wildman–Crippen MR) is 78.4 cm³/mol. The van der Waals surface area contributed by atoms with E-state index in [1.54, 1.807) is 0 Å². The number of hydrogen-bond acceptors (Lipinski definition) is 4. The molecule has 1 aliphatic heterocycles. The van der Waals surface area contributed by atoms with Crippen molar-refractivity contribution in [3.8, 4) is 11.5 Å². The second-order valence-corrected chi connectivity index (χ2v) is 5.41. The van der Waals surface area contributed by atoms with E-state index in [4.69, 9.17) is 4.42 Å². The highest BCUT2D eigenvalue weighted by Crippen LogP contribution is 2.23. The number of H-pyrrole nitrogens is 1. The van der Waals surface area contributed by atoms with E-state index in [9.17, 15) is 0 Å². The van der Waals surface area contributed by atoms with Crippen molar-refractivity contribution >= 4 is 0 Å². The Labute approximate surface area is 119 Å². The van der Waals surface area contributed by atoms with Gasteiger partial charge in [-0.25, -0.2) is 0 Å². The lowest BCUT2D eigenvalue weighted by Crippen LogP contribution is -2.29. The van der Waals surface area contributed by atoms with Crippen molar-refractivity contribution in [1.82, 2.24) is 20.4 Å². The Balaban J connectivity index is 1.51. The van der Waals surface area contributed by atoms with E-state index in [1.165, 1.54) is 25.9 Å². The first kappa shape index (κ1) is 13.4. The van der Waals surface area contributed by atoms with Crippen molar-refractivity contribution in [3.05, 3.63) is 29.7 Å². The van der Waals surface area contributed by atoms with Crippen molar-refractivity contribution in [1.29, 1.82) is 0 Å². The zero-order valence-electron chi connectivity index (χ0n) is 12.0. The zero-order valence-corrected chi connectivity index (χ0v) is 12.0. The van der Waals surface area contributed by atoms with Crippen LogP contribution in [-0.4, -0.2) is 41.3 Å². The van der Waals surface area contributed by atoms with Gasteiger partial charge in [0.15, 0.2) is 5.76 Å². The van der Waals surface area contributed by atoms with Crippen LogP contribution in [0.2, 0.25) is 0 Å². The normalized spacial score (nSPS) is 16.1. The molecule has 3 heterocycles. The van der Waals surface area contributed by atoms with Crippen LogP contribution >= 0.6 is 0 Å². The standard InChI is InChI=1S/C15H22N4O/c1-12-4-5-14(20-12)15-13(11-17-18-15)10-16-6-9-19-7-2-3-8-19/h4-5,11,16H,2-3,6-10H2,1H3,(H,17,18). The molecule has 3 rings (SSSR count). The molecule has 1 fully saturated rings. The fourth-order valence-corrected chi connectivity index (χ4v) is 2.69. The molecule has 5 heteroatoms. The van der Waals surface area contributed by atoms with Gasteiger partial charge < -0.3 is 14.6 Å². The maximum atomic E-state index is 5.65. The van der Waals surface area contributed by atoms with Gasteiger partial charge >= 0.3 is 0 Å². The summed E-state index contributed by atoms with van der Waals surface area (Å²) in [5.41, 5.74) is 2.13. The minimum absolute atomic E-state index is 0.819. The van der Waals surface area contributed by atoms with Gasteiger partial charge in [0.25, 0.3) is 0 Å². The molecule has 2 aromatic heterocycles. The number of aryl methyl sites for hydroxylation is 1. The molecule has 0 aliphatic carbocycles. The minimum Gasteiger partial charge on any atom is -0.460 e. The quantitative estimate of drug-likeness (QED) is 0.793. The van der Waals surface area contributed by atoms with E-state index >= 15 is 0 Å². The Hall–Kier alpha value is -1.59. The van der Waals surface area contributed by atoms with Crippen LogP contribution in [0, 0.1) is 6.92 Å². The molecule has 1 aliphatic rings. The number of nitrogens with zero attached hydrogens (tertiary/aromatic N) is 2. The summed E-state index contributed by atoms with van der Waals surface area (Å²) < 4.78 is 5.65. The Morgan fingerprint density at radius 3 is 2.95 bits per heavy atom. The van der Waals surface area contributed by atoms with Crippen LogP contribution in [0.5, 0.6) is 0 Å². The second-order valence-electron chi connectivity index (χ2n) is 5.41. The van der Waals surface area contributed by atoms with E-state index in [0.717, 1.165) is 42.4 Å². The molecule has 0 unspecified atom stereocenters. The van der Waals surface area contributed by atoms with E-state index in [-0.39, 0.29) is 0 Å². The molecular formula is C15H22N4O. The van der Waals surface area contributed by atoms with Crippen LogP contribution in [0.1, 0.15) is 24.2 Å². The number of rotatable bonds is 6.